The number of rotatable bonds is 6. The van der Waals surface area contributed by atoms with Gasteiger partial charge in [-0.25, -0.2) is 9.97 Å². The second-order valence-corrected chi connectivity index (χ2v) is 7.23. The lowest BCUT2D eigenvalue weighted by atomic mass is 10.3. The topological polar surface area (TPSA) is 37.8 Å². The molecule has 0 saturated heterocycles. The van der Waals surface area contributed by atoms with Crippen LogP contribution >= 0.6 is 34.3 Å². The molecular formula is C13H18ClN3S2. The highest BCUT2D eigenvalue weighted by Crippen LogP contribution is 2.32. The minimum atomic E-state index is 0.0708. The molecule has 104 valence electrons. The fourth-order valence-corrected chi connectivity index (χ4v) is 4.05. The zero-order chi connectivity index (χ0) is 13.8. The van der Waals surface area contributed by atoms with Crippen molar-refractivity contribution in [1.82, 2.24) is 15.3 Å². The van der Waals surface area contributed by atoms with Gasteiger partial charge in [0.05, 0.1) is 11.9 Å². The second-order valence-electron chi connectivity index (χ2n) is 4.30. The maximum Gasteiger partial charge on any atom is 0.118 e. The number of nitrogens with one attached hydrogen (secondary N) is 1. The van der Waals surface area contributed by atoms with Gasteiger partial charge in [-0.1, -0.05) is 25.4 Å². The molecule has 0 fully saturated rings. The fraction of sp³-hybridized carbons (Fsp3) is 0.538. The van der Waals surface area contributed by atoms with E-state index in [9.17, 15) is 0 Å². The van der Waals surface area contributed by atoms with Crippen LogP contribution in [0.2, 0.25) is 4.34 Å². The molecule has 1 atom stereocenters. The summed E-state index contributed by atoms with van der Waals surface area (Å²) in [6.07, 6.45) is 3.77. The number of aryl methyl sites for hydroxylation is 2. The van der Waals surface area contributed by atoms with E-state index < -0.39 is 0 Å². The van der Waals surface area contributed by atoms with Crippen molar-refractivity contribution in [2.75, 3.05) is 6.54 Å². The summed E-state index contributed by atoms with van der Waals surface area (Å²) in [4.78, 5) is 10.4. The molecule has 0 saturated carbocycles. The van der Waals surface area contributed by atoms with Crippen LogP contribution in [0.1, 0.15) is 46.9 Å². The van der Waals surface area contributed by atoms with Crippen LogP contribution < -0.4 is 5.32 Å². The molecule has 3 nitrogen and oxygen atoms in total. The van der Waals surface area contributed by atoms with Crippen LogP contribution in [0.25, 0.3) is 0 Å². The molecule has 2 rings (SSSR count). The van der Waals surface area contributed by atoms with E-state index in [4.69, 9.17) is 16.6 Å². The first-order chi connectivity index (χ1) is 9.15. The van der Waals surface area contributed by atoms with Gasteiger partial charge in [0.2, 0.25) is 0 Å². The zero-order valence-corrected chi connectivity index (χ0v) is 13.8. The summed E-state index contributed by atoms with van der Waals surface area (Å²) in [5, 5.41) is 5.60. The molecule has 2 heterocycles. The molecule has 2 aromatic rings. The van der Waals surface area contributed by atoms with Gasteiger partial charge >= 0.3 is 0 Å². The number of nitrogens with zero attached hydrogens (tertiary/aromatic N) is 2. The summed E-state index contributed by atoms with van der Waals surface area (Å²) >= 11 is 9.27. The van der Waals surface area contributed by atoms with Crippen LogP contribution in [0.5, 0.6) is 0 Å². The highest BCUT2D eigenvalue weighted by Gasteiger charge is 2.21. The highest BCUT2D eigenvalue weighted by molar-refractivity contribution is 7.16. The second kappa shape index (κ2) is 6.79. The number of hydrogen-bond acceptors (Lipinski definition) is 5. The monoisotopic (exact) mass is 315 g/mol. The quantitative estimate of drug-likeness (QED) is 0.867. The van der Waals surface area contributed by atoms with Crippen molar-refractivity contribution < 1.29 is 0 Å². The first kappa shape index (κ1) is 14.9. The predicted octanol–water partition coefficient (Wildman–Crippen LogP) is 4.21. The molecule has 0 bridgehead atoms. The molecule has 0 aliphatic heterocycles. The van der Waals surface area contributed by atoms with Gasteiger partial charge in [-0.05, 0) is 26.3 Å². The van der Waals surface area contributed by atoms with Gasteiger partial charge in [0.25, 0.3) is 0 Å². The Morgan fingerprint density at radius 3 is 2.63 bits per heavy atom. The number of halogens is 1. The molecule has 6 heteroatoms. The van der Waals surface area contributed by atoms with Gasteiger partial charge in [-0.2, -0.15) is 0 Å². The molecule has 19 heavy (non-hydrogen) atoms. The third-order valence-electron chi connectivity index (χ3n) is 2.83. The van der Waals surface area contributed by atoms with E-state index in [0.717, 1.165) is 33.7 Å². The SMILES string of the molecule is CCCNC(c1ncc(Cl)s1)c1nc(CC)c(C)s1. The van der Waals surface area contributed by atoms with Crippen molar-refractivity contribution in [3.63, 3.8) is 0 Å². The van der Waals surface area contributed by atoms with Crippen LogP contribution in [0, 0.1) is 6.92 Å². The van der Waals surface area contributed by atoms with Crippen molar-refractivity contribution in [2.45, 2.75) is 39.7 Å². The summed E-state index contributed by atoms with van der Waals surface area (Å²) in [6.45, 7) is 7.37. The average molecular weight is 316 g/mol. The summed E-state index contributed by atoms with van der Waals surface area (Å²) in [6, 6.07) is 0.0708. The van der Waals surface area contributed by atoms with E-state index >= 15 is 0 Å². The molecule has 0 aliphatic carbocycles. The van der Waals surface area contributed by atoms with Crippen molar-refractivity contribution in [3.05, 3.63) is 31.1 Å². The van der Waals surface area contributed by atoms with E-state index in [-0.39, 0.29) is 6.04 Å². The minimum Gasteiger partial charge on any atom is -0.302 e. The maximum atomic E-state index is 6.00. The highest BCUT2D eigenvalue weighted by atomic mass is 35.5. The predicted molar refractivity (Wildman–Crippen MR) is 83.5 cm³/mol. The summed E-state index contributed by atoms with van der Waals surface area (Å²) in [7, 11) is 0. The number of thiazole rings is 2. The molecule has 0 spiro atoms. The first-order valence-electron chi connectivity index (χ1n) is 6.46. The summed E-state index contributed by atoms with van der Waals surface area (Å²) in [5.74, 6) is 0. The summed E-state index contributed by atoms with van der Waals surface area (Å²) < 4.78 is 0.724. The Hall–Kier alpha value is -0.490. The lowest BCUT2D eigenvalue weighted by Gasteiger charge is -2.13. The van der Waals surface area contributed by atoms with E-state index in [0.29, 0.717) is 0 Å². The smallest absolute Gasteiger partial charge is 0.118 e. The first-order valence-corrected chi connectivity index (χ1v) is 8.47. The standard InChI is InChI=1S/C13H18ClN3S2/c1-4-6-15-11(12-16-7-10(14)19-12)13-17-9(5-2)8(3)18-13/h7,11,15H,4-6H2,1-3H3. The Kier molecular flexibility index (Phi) is 5.33. The van der Waals surface area contributed by atoms with E-state index in [1.54, 1.807) is 17.5 Å². The zero-order valence-electron chi connectivity index (χ0n) is 11.4. The molecule has 0 aliphatic rings. The van der Waals surface area contributed by atoms with Crippen LogP contribution in [0.4, 0.5) is 0 Å². The lowest BCUT2D eigenvalue weighted by Crippen LogP contribution is -2.23. The van der Waals surface area contributed by atoms with Gasteiger partial charge in [0, 0.05) is 4.88 Å². The molecule has 0 amide bonds. The molecule has 0 aromatic carbocycles. The molecule has 1 unspecified atom stereocenters. The van der Waals surface area contributed by atoms with E-state index in [2.05, 4.69) is 31.1 Å². The fourth-order valence-electron chi connectivity index (χ4n) is 1.87. The Morgan fingerprint density at radius 2 is 2.11 bits per heavy atom. The van der Waals surface area contributed by atoms with Crippen molar-refractivity contribution >= 4 is 34.3 Å². The molecule has 2 aromatic heterocycles. The van der Waals surface area contributed by atoms with Gasteiger partial charge in [0.15, 0.2) is 0 Å². The number of hydrogen-bond donors (Lipinski definition) is 1. The number of aromatic nitrogens is 2. The largest absolute Gasteiger partial charge is 0.302 e. The van der Waals surface area contributed by atoms with Crippen molar-refractivity contribution in [3.8, 4) is 0 Å². The van der Waals surface area contributed by atoms with Crippen LogP contribution in [0.3, 0.4) is 0 Å². The Labute approximate surface area is 127 Å². The Balaban J connectivity index is 2.30. The summed E-state index contributed by atoms with van der Waals surface area (Å²) in [5.41, 5.74) is 1.19. The van der Waals surface area contributed by atoms with Gasteiger partial charge in [-0.15, -0.1) is 22.7 Å². The van der Waals surface area contributed by atoms with Gasteiger partial charge in [0.1, 0.15) is 20.4 Å². The van der Waals surface area contributed by atoms with Crippen LogP contribution in [-0.2, 0) is 6.42 Å². The van der Waals surface area contributed by atoms with E-state index in [1.807, 2.05) is 0 Å². The maximum absolute atomic E-state index is 6.00. The normalized spacial score (nSPS) is 12.8. The third kappa shape index (κ3) is 3.54. The van der Waals surface area contributed by atoms with Crippen LogP contribution in [0.15, 0.2) is 6.20 Å². The molecular weight excluding hydrogens is 298 g/mol. The molecule has 0 radical (unpaired) electrons. The minimum absolute atomic E-state index is 0.0708. The lowest BCUT2D eigenvalue weighted by molar-refractivity contribution is 0.592. The van der Waals surface area contributed by atoms with Crippen molar-refractivity contribution in [2.24, 2.45) is 0 Å². The van der Waals surface area contributed by atoms with E-state index in [1.165, 1.54) is 21.9 Å². The molecule has 1 N–H and O–H groups in total. The average Bonchev–Trinajstić information content (AvgIpc) is 2.97. The van der Waals surface area contributed by atoms with Gasteiger partial charge in [-0.3, -0.25) is 0 Å². The third-order valence-corrected chi connectivity index (χ3v) is 5.09. The van der Waals surface area contributed by atoms with Gasteiger partial charge < -0.3 is 5.32 Å². The van der Waals surface area contributed by atoms with Crippen molar-refractivity contribution in [1.29, 1.82) is 0 Å². The Morgan fingerprint density at radius 1 is 1.32 bits per heavy atom. The van der Waals surface area contributed by atoms with Crippen LogP contribution in [-0.4, -0.2) is 16.5 Å². The Bertz CT molecular complexity index is 536.